The Morgan fingerprint density at radius 3 is 2.09 bits per heavy atom. The molecule has 1 nitrogen and oxygen atoms in total. The molecule has 0 aliphatic rings. The standard InChI is InChI=1S/C32H19NS/c1-2-9-20-19(8-1)16-17-27-30(20)31-23-12-4-3-10-21(23)26(18-28(31)33-27)25-14-7-13-24-22-11-5-6-15-29(22)34-32(24)25/h1-18,33H. The van der Waals surface area contributed by atoms with Crippen LogP contribution < -0.4 is 0 Å². The highest BCUT2D eigenvalue weighted by molar-refractivity contribution is 7.26. The van der Waals surface area contributed by atoms with Gasteiger partial charge in [-0.1, -0.05) is 91.0 Å². The largest absolute Gasteiger partial charge is 0.354 e. The molecule has 0 amide bonds. The summed E-state index contributed by atoms with van der Waals surface area (Å²) in [6, 6.07) is 39.9. The Kier molecular flexibility index (Phi) is 3.60. The molecule has 2 heteroatoms. The maximum absolute atomic E-state index is 3.75. The van der Waals surface area contributed by atoms with Crippen molar-refractivity contribution in [3.63, 3.8) is 0 Å². The predicted octanol–water partition coefficient (Wildman–Crippen LogP) is 9.66. The van der Waals surface area contributed by atoms with E-state index in [0.29, 0.717) is 0 Å². The average Bonchev–Trinajstić information content (AvgIpc) is 3.47. The molecule has 0 aliphatic carbocycles. The molecule has 6 aromatic carbocycles. The van der Waals surface area contributed by atoms with Gasteiger partial charge < -0.3 is 4.98 Å². The van der Waals surface area contributed by atoms with Crippen molar-refractivity contribution in [2.75, 3.05) is 0 Å². The van der Waals surface area contributed by atoms with Gasteiger partial charge in [0.15, 0.2) is 0 Å². The molecule has 0 radical (unpaired) electrons. The summed E-state index contributed by atoms with van der Waals surface area (Å²) < 4.78 is 2.70. The Balaban J connectivity index is 1.56. The highest BCUT2D eigenvalue weighted by Crippen LogP contribution is 2.45. The number of hydrogen-bond donors (Lipinski definition) is 1. The predicted molar refractivity (Wildman–Crippen MR) is 149 cm³/mol. The Labute approximate surface area is 199 Å². The van der Waals surface area contributed by atoms with E-state index < -0.39 is 0 Å². The minimum absolute atomic E-state index is 1.19. The van der Waals surface area contributed by atoms with Gasteiger partial charge >= 0.3 is 0 Å². The number of aromatic amines is 1. The number of benzene rings is 6. The number of H-pyrrole nitrogens is 1. The molecule has 34 heavy (non-hydrogen) atoms. The van der Waals surface area contributed by atoms with Gasteiger partial charge in [-0.05, 0) is 45.3 Å². The van der Waals surface area contributed by atoms with Crippen LogP contribution in [0.3, 0.4) is 0 Å². The molecule has 0 saturated heterocycles. The van der Waals surface area contributed by atoms with E-state index in [0.717, 1.165) is 0 Å². The molecule has 0 aliphatic heterocycles. The summed E-state index contributed by atoms with van der Waals surface area (Å²) in [5, 5.41) is 10.5. The van der Waals surface area contributed by atoms with Crippen molar-refractivity contribution in [2.45, 2.75) is 0 Å². The first kappa shape index (κ1) is 18.3. The van der Waals surface area contributed by atoms with Gasteiger partial charge in [-0.3, -0.25) is 0 Å². The number of thiophene rings is 1. The SMILES string of the molecule is c1ccc2c(c1)ccc1[nH]c3cc(-c4cccc5c4sc4ccccc45)c4ccccc4c3c12. The first-order valence-electron chi connectivity index (χ1n) is 11.6. The van der Waals surface area contributed by atoms with Gasteiger partial charge in [0.25, 0.3) is 0 Å². The Morgan fingerprint density at radius 1 is 0.471 bits per heavy atom. The normalized spacial score (nSPS) is 12.1. The topological polar surface area (TPSA) is 15.8 Å². The molecule has 0 unspecified atom stereocenters. The third-order valence-electron chi connectivity index (χ3n) is 7.19. The number of hydrogen-bond acceptors (Lipinski definition) is 1. The molecular formula is C32H19NS. The van der Waals surface area contributed by atoms with Gasteiger partial charge in [-0.15, -0.1) is 11.3 Å². The molecule has 8 rings (SSSR count). The van der Waals surface area contributed by atoms with Crippen LogP contribution in [0.2, 0.25) is 0 Å². The molecule has 0 spiro atoms. The lowest BCUT2D eigenvalue weighted by Crippen LogP contribution is -1.84. The number of nitrogens with one attached hydrogen (secondary N) is 1. The lowest BCUT2D eigenvalue weighted by molar-refractivity contribution is 1.55. The summed E-state index contributed by atoms with van der Waals surface area (Å²) >= 11 is 1.89. The molecule has 0 atom stereocenters. The van der Waals surface area contributed by atoms with Gasteiger partial charge in [-0.2, -0.15) is 0 Å². The van der Waals surface area contributed by atoms with Crippen LogP contribution in [0.4, 0.5) is 0 Å². The molecule has 1 N–H and O–H groups in total. The molecule has 0 bridgehead atoms. The summed E-state index contributed by atoms with van der Waals surface area (Å²) in [7, 11) is 0. The summed E-state index contributed by atoms with van der Waals surface area (Å²) in [6.45, 7) is 0. The zero-order valence-corrected chi connectivity index (χ0v) is 19.1. The first-order chi connectivity index (χ1) is 16.9. The van der Waals surface area contributed by atoms with E-state index in [4.69, 9.17) is 0 Å². The van der Waals surface area contributed by atoms with Crippen molar-refractivity contribution in [1.82, 2.24) is 4.98 Å². The van der Waals surface area contributed by atoms with Gasteiger partial charge in [0.05, 0.1) is 0 Å². The van der Waals surface area contributed by atoms with E-state index in [1.165, 1.54) is 74.6 Å². The molecule has 2 aromatic heterocycles. The van der Waals surface area contributed by atoms with E-state index >= 15 is 0 Å². The third kappa shape index (κ3) is 2.38. The number of fused-ring (bicyclic) bond motifs is 10. The van der Waals surface area contributed by atoms with E-state index in [2.05, 4.69) is 114 Å². The molecule has 0 fully saturated rings. The van der Waals surface area contributed by atoms with Crippen LogP contribution in [0.1, 0.15) is 0 Å². The van der Waals surface area contributed by atoms with Crippen molar-refractivity contribution < 1.29 is 0 Å². The minimum atomic E-state index is 1.19. The van der Waals surface area contributed by atoms with E-state index in [-0.39, 0.29) is 0 Å². The molecule has 158 valence electrons. The van der Waals surface area contributed by atoms with Crippen LogP contribution in [0.15, 0.2) is 109 Å². The summed E-state index contributed by atoms with van der Waals surface area (Å²) in [6.07, 6.45) is 0. The zero-order valence-electron chi connectivity index (χ0n) is 18.3. The zero-order chi connectivity index (χ0) is 22.2. The van der Waals surface area contributed by atoms with E-state index in [9.17, 15) is 0 Å². The number of aromatic nitrogens is 1. The summed E-state index contributed by atoms with van der Waals surface area (Å²) in [5.41, 5.74) is 4.98. The maximum atomic E-state index is 3.75. The van der Waals surface area contributed by atoms with Crippen LogP contribution >= 0.6 is 11.3 Å². The highest BCUT2D eigenvalue weighted by atomic mass is 32.1. The van der Waals surface area contributed by atoms with Crippen LogP contribution in [0.25, 0.3) is 74.6 Å². The average molecular weight is 450 g/mol. The number of rotatable bonds is 1. The molecule has 2 heterocycles. The van der Waals surface area contributed by atoms with Crippen LogP contribution in [-0.4, -0.2) is 4.98 Å². The summed E-state index contributed by atoms with van der Waals surface area (Å²) in [5.74, 6) is 0. The summed E-state index contributed by atoms with van der Waals surface area (Å²) in [4.78, 5) is 3.75. The minimum Gasteiger partial charge on any atom is -0.354 e. The van der Waals surface area contributed by atoms with Crippen molar-refractivity contribution in [3.05, 3.63) is 109 Å². The third-order valence-corrected chi connectivity index (χ3v) is 8.41. The highest BCUT2D eigenvalue weighted by Gasteiger charge is 2.17. The maximum Gasteiger partial charge on any atom is 0.0477 e. The molecule has 0 saturated carbocycles. The van der Waals surface area contributed by atoms with Gasteiger partial charge in [0, 0.05) is 47.5 Å². The fraction of sp³-hybridized carbons (Fsp3) is 0. The second-order valence-electron chi connectivity index (χ2n) is 9.01. The van der Waals surface area contributed by atoms with Crippen LogP contribution in [-0.2, 0) is 0 Å². The smallest absolute Gasteiger partial charge is 0.0477 e. The Bertz CT molecular complexity index is 2070. The first-order valence-corrected chi connectivity index (χ1v) is 12.4. The van der Waals surface area contributed by atoms with Crippen LogP contribution in [0.5, 0.6) is 0 Å². The fourth-order valence-electron chi connectivity index (χ4n) is 5.72. The Hall–Kier alpha value is -4.14. The second kappa shape index (κ2) is 6.69. The lowest BCUT2D eigenvalue weighted by atomic mass is 9.93. The molecular weight excluding hydrogens is 430 g/mol. The molecule has 8 aromatic rings. The van der Waals surface area contributed by atoms with Gasteiger partial charge in [-0.25, -0.2) is 0 Å². The lowest BCUT2D eigenvalue weighted by Gasteiger charge is -2.10. The monoisotopic (exact) mass is 449 g/mol. The van der Waals surface area contributed by atoms with Gasteiger partial charge in [0.1, 0.15) is 0 Å². The second-order valence-corrected chi connectivity index (χ2v) is 10.1. The fourth-order valence-corrected chi connectivity index (χ4v) is 6.95. The van der Waals surface area contributed by atoms with E-state index in [1.54, 1.807) is 0 Å². The Morgan fingerprint density at radius 2 is 1.18 bits per heavy atom. The van der Waals surface area contributed by atoms with Crippen molar-refractivity contribution in [1.29, 1.82) is 0 Å². The van der Waals surface area contributed by atoms with Gasteiger partial charge in [0.2, 0.25) is 0 Å². The quantitative estimate of drug-likeness (QED) is 0.257. The van der Waals surface area contributed by atoms with Crippen molar-refractivity contribution >= 4 is 74.9 Å². The van der Waals surface area contributed by atoms with Crippen molar-refractivity contribution in [3.8, 4) is 11.1 Å². The van der Waals surface area contributed by atoms with Crippen LogP contribution in [0, 0.1) is 0 Å². The van der Waals surface area contributed by atoms with E-state index in [1.807, 2.05) is 11.3 Å². The van der Waals surface area contributed by atoms with Crippen molar-refractivity contribution in [2.24, 2.45) is 0 Å².